The molecule has 1 atom stereocenters. The first kappa shape index (κ1) is 9.20. The Labute approximate surface area is 77.1 Å². The third-order valence-corrected chi connectivity index (χ3v) is 1.45. The molecule has 1 aromatic carbocycles. The Morgan fingerprint density at radius 1 is 1.25 bits per heavy atom. The van der Waals surface area contributed by atoms with Gasteiger partial charge >= 0.3 is 0 Å². The van der Waals surface area contributed by atoms with E-state index in [1.807, 2.05) is 24.3 Å². The Hall–Kier alpha value is -0.890. The second kappa shape index (κ2) is 4.21. The Bertz CT molecular complexity index is 248. The number of halogens is 1. The van der Waals surface area contributed by atoms with E-state index in [1.54, 1.807) is 14.0 Å². The summed E-state index contributed by atoms with van der Waals surface area (Å²) in [6.07, 6.45) is 0. The van der Waals surface area contributed by atoms with Crippen LogP contribution < -0.4 is 9.47 Å². The van der Waals surface area contributed by atoms with E-state index in [4.69, 9.17) is 21.1 Å². The Morgan fingerprint density at radius 2 is 1.83 bits per heavy atom. The molecule has 3 heteroatoms. The lowest BCUT2D eigenvalue weighted by Gasteiger charge is -2.10. The van der Waals surface area contributed by atoms with E-state index in [9.17, 15) is 0 Å². The smallest absolute Gasteiger partial charge is 0.169 e. The SMILES string of the molecule is COc1ccccc1OC(C)Cl. The van der Waals surface area contributed by atoms with Crippen molar-refractivity contribution in [2.75, 3.05) is 7.11 Å². The van der Waals surface area contributed by atoms with Gasteiger partial charge in [0.15, 0.2) is 17.1 Å². The molecular weight excluding hydrogens is 176 g/mol. The first-order valence-electron chi connectivity index (χ1n) is 3.68. The van der Waals surface area contributed by atoms with E-state index in [-0.39, 0.29) is 5.56 Å². The molecule has 1 aromatic rings. The molecule has 0 aromatic heterocycles. The Kier molecular flexibility index (Phi) is 3.23. The standard InChI is InChI=1S/C9H11ClO2/c1-7(10)12-9-6-4-3-5-8(9)11-2/h3-7H,1-2H3. The molecule has 12 heavy (non-hydrogen) atoms. The monoisotopic (exact) mass is 186 g/mol. The highest BCUT2D eigenvalue weighted by molar-refractivity contribution is 6.19. The first-order valence-corrected chi connectivity index (χ1v) is 4.11. The van der Waals surface area contributed by atoms with Gasteiger partial charge in [-0.3, -0.25) is 0 Å². The average Bonchev–Trinajstić information content (AvgIpc) is 2.04. The van der Waals surface area contributed by atoms with E-state index in [2.05, 4.69) is 0 Å². The van der Waals surface area contributed by atoms with Gasteiger partial charge in [0, 0.05) is 0 Å². The van der Waals surface area contributed by atoms with Crippen LogP contribution in [0.1, 0.15) is 6.92 Å². The summed E-state index contributed by atoms with van der Waals surface area (Å²) >= 11 is 5.66. The van der Waals surface area contributed by atoms with Crippen LogP contribution in [0.15, 0.2) is 24.3 Å². The van der Waals surface area contributed by atoms with E-state index in [0.717, 1.165) is 0 Å². The molecule has 0 saturated heterocycles. The van der Waals surface area contributed by atoms with Crippen molar-refractivity contribution in [1.29, 1.82) is 0 Å². The normalized spacial score (nSPS) is 12.2. The predicted molar refractivity (Wildman–Crippen MR) is 48.9 cm³/mol. The van der Waals surface area contributed by atoms with Crippen LogP contribution in [0.2, 0.25) is 0 Å². The zero-order valence-corrected chi connectivity index (χ0v) is 7.84. The predicted octanol–water partition coefficient (Wildman–Crippen LogP) is 2.66. The van der Waals surface area contributed by atoms with Crippen LogP contribution >= 0.6 is 11.6 Å². The highest BCUT2D eigenvalue weighted by Crippen LogP contribution is 2.27. The van der Waals surface area contributed by atoms with Crippen molar-refractivity contribution in [3.63, 3.8) is 0 Å². The lowest BCUT2D eigenvalue weighted by Crippen LogP contribution is -2.03. The van der Waals surface area contributed by atoms with E-state index >= 15 is 0 Å². The molecule has 0 bridgehead atoms. The number of rotatable bonds is 3. The van der Waals surface area contributed by atoms with Crippen LogP contribution in [-0.2, 0) is 0 Å². The number of hydrogen-bond acceptors (Lipinski definition) is 2. The van der Waals surface area contributed by atoms with Gasteiger partial charge in [0.2, 0.25) is 0 Å². The van der Waals surface area contributed by atoms with Crippen molar-refractivity contribution >= 4 is 11.6 Å². The third kappa shape index (κ3) is 2.31. The van der Waals surface area contributed by atoms with Crippen molar-refractivity contribution < 1.29 is 9.47 Å². The summed E-state index contributed by atoms with van der Waals surface area (Å²) in [6.45, 7) is 1.76. The first-order chi connectivity index (χ1) is 5.74. The average molecular weight is 187 g/mol. The maximum atomic E-state index is 5.66. The number of alkyl halides is 1. The number of methoxy groups -OCH3 is 1. The van der Waals surface area contributed by atoms with Gasteiger partial charge in [-0.2, -0.15) is 0 Å². The van der Waals surface area contributed by atoms with Crippen LogP contribution in [0.3, 0.4) is 0 Å². The lowest BCUT2D eigenvalue weighted by molar-refractivity contribution is 0.280. The van der Waals surface area contributed by atoms with Crippen molar-refractivity contribution in [3.8, 4) is 11.5 Å². The van der Waals surface area contributed by atoms with Gasteiger partial charge in [-0.05, 0) is 19.1 Å². The minimum Gasteiger partial charge on any atom is -0.493 e. The Balaban J connectivity index is 2.82. The van der Waals surface area contributed by atoms with Gasteiger partial charge in [-0.1, -0.05) is 23.7 Å². The number of para-hydroxylation sites is 2. The summed E-state index contributed by atoms with van der Waals surface area (Å²) in [5, 5.41) is 0. The van der Waals surface area contributed by atoms with Crippen molar-refractivity contribution in [2.24, 2.45) is 0 Å². The largest absolute Gasteiger partial charge is 0.493 e. The quantitative estimate of drug-likeness (QED) is 0.676. The molecule has 2 nitrogen and oxygen atoms in total. The van der Waals surface area contributed by atoms with Crippen LogP contribution in [0, 0.1) is 0 Å². The fourth-order valence-corrected chi connectivity index (χ4v) is 0.987. The number of benzene rings is 1. The number of ether oxygens (including phenoxy) is 2. The molecule has 0 N–H and O–H groups in total. The highest BCUT2D eigenvalue weighted by Gasteiger charge is 2.04. The van der Waals surface area contributed by atoms with E-state index in [0.29, 0.717) is 11.5 Å². The molecule has 1 rings (SSSR count). The van der Waals surface area contributed by atoms with E-state index < -0.39 is 0 Å². The molecule has 0 radical (unpaired) electrons. The molecule has 66 valence electrons. The maximum absolute atomic E-state index is 5.66. The molecule has 0 aliphatic rings. The molecule has 0 aliphatic carbocycles. The molecular formula is C9H11ClO2. The molecule has 0 spiro atoms. The zero-order chi connectivity index (χ0) is 8.97. The molecule has 1 unspecified atom stereocenters. The van der Waals surface area contributed by atoms with Crippen LogP contribution in [0.5, 0.6) is 11.5 Å². The minimum atomic E-state index is -0.346. The number of hydrogen-bond donors (Lipinski definition) is 0. The zero-order valence-electron chi connectivity index (χ0n) is 7.08. The minimum absolute atomic E-state index is 0.346. The summed E-state index contributed by atoms with van der Waals surface area (Å²) in [5.74, 6) is 1.37. The Morgan fingerprint density at radius 3 is 2.33 bits per heavy atom. The van der Waals surface area contributed by atoms with Crippen LogP contribution in [0.25, 0.3) is 0 Å². The fraction of sp³-hybridized carbons (Fsp3) is 0.333. The van der Waals surface area contributed by atoms with Crippen molar-refractivity contribution in [2.45, 2.75) is 12.5 Å². The third-order valence-electron chi connectivity index (χ3n) is 1.36. The summed E-state index contributed by atoms with van der Waals surface area (Å²) in [7, 11) is 1.60. The summed E-state index contributed by atoms with van der Waals surface area (Å²) in [6, 6.07) is 7.40. The summed E-state index contributed by atoms with van der Waals surface area (Å²) in [4.78, 5) is 0. The van der Waals surface area contributed by atoms with Gasteiger partial charge < -0.3 is 9.47 Å². The van der Waals surface area contributed by atoms with Gasteiger partial charge in [0.05, 0.1) is 7.11 Å². The second-order valence-corrected chi connectivity index (χ2v) is 2.93. The molecule has 0 heterocycles. The lowest BCUT2D eigenvalue weighted by atomic mass is 10.3. The topological polar surface area (TPSA) is 18.5 Å². The molecule has 0 saturated carbocycles. The van der Waals surface area contributed by atoms with Gasteiger partial charge in [0.1, 0.15) is 0 Å². The van der Waals surface area contributed by atoms with Crippen LogP contribution in [0.4, 0.5) is 0 Å². The summed E-state index contributed by atoms with van der Waals surface area (Å²) in [5.41, 5.74) is -0.346. The van der Waals surface area contributed by atoms with Crippen molar-refractivity contribution in [1.82, 2.24) is 0 Å². The molecule has 0 fully saturated rings. The van der Waals surface area contributed by atoms with E-state index in [1.165, 1.54) is 0 Å². The maximum Gasteiger partial charge on any atom is 0.169 e. The summed E-state index contributed by atoms with van der Waals surface area (Å²) < 4.78 is 10.3. The fourth-order valence-electron chi connectivity index (χ4n) is 0.891. The van der Waals surface area contributed by atoms with Gasteiger partial charge in [-0.25, -0.2) is 0 Å². The van der Waals surface area contributed by atoms with Crippen molar-refractivity contribution in [3.05, 3.63) is 24.3 Å². The van der Waals surface area contributed by atoms with Gasteiger partial charge in [-0.15, -0.1) is 0 Å². The molecule has 0 aliphatic heterocycles. The second-order valence-electron chi connectivity index (χ2n) is 2.31. The van der Waals surface area contributed by atoms with Gasteiger partial charge in [0.25, 0.3) is 0 Å². The van der Waals surface area contributed by atoms with Crippen LogP contribution in [-0.4, -0.2) is 12.7 Å². The highest BCUT2D eigenvalue weighted by atomic mass is 35.5. The molecule has 0 amide bonds.